The van der Waals surface area contributed by atoms with Crippen LogP contribution < -0.4 is 15.0 Å². The number of carbonyl (C=O) groups is 1. The van der Waals surface area contributed by atoms with Gasteiger partial charge in [0.05, 0.1) is 17.2 Å². The van der Waals surface area contributed by atoms with Crippen LogP contribution in [0.3, 0.4) is 0 Å². The zero-order chi connectivity index (χ0) is 23.6. The van der Waals surface area contributed by atoms with Gasteiger partial charge in [-0.3, -0.25) is 4.79 Å². The lowest BCUT2D eigenvalue weighted by Crippen LogP contribution is -2.48. The molecule has 1 amide bonds. The number of nitrogens with zero attached hydrogens (tertiary/aromatic N) is 2. The van der Waals surface area contributed by atoms with Crippen molar-refractivity contribution in [3.05, 3.63) is 58.5 Å². The van der Waals surface area contributed by atoms with Crippen LogP contribution in [0, 0.1) is 0 Å². The van der Waals surface area contributed by atoms with E-state index in [1.165, 1.54) is 23.0 Å². The van der Waals surface area contributed by atoms with E-state index in [1.54, 1.807) is 0 Å². The van der Waals surface area contributed by atoms with Gasteiger partial charge in [-0.1, -0.05) is 19.9 Å². The minimum absolute atomic E-state index is 0.107. The van der Waals surface area contributed by atoms with Gasteiger partial charge in [0.25, 0.3) is 5.91 Å². The van der Waals surface area contributed by atoms with Gasteiger partial charge in [0.15, 0.2) is 5.17 Å². The number of hydrogen-bond acceptors (Lipinski definition) is 5. The summed E-state index contributed by atoms with van der Waals surface area (Å²) < 4.78 is 5.47. The molecule has 0 spiro atoms. The number of carbonyl (C=O) groups excluding carboxylic acids is 1. The number of anilines is 1. The lowest BCUT2D eigenvalue weighted by atomic mass is 9.79. The number of fused-ring (bicyclic) bond motifs is 1. The van der Waals surface area contributed by atoms with Crippen LogP contribution in [0.4, 0.5) is 11.4 Å². The molecule has 0 radical (unpaired) electrons. The molecule has 1 N–H and O–H groups in total. The molecule has 1 fully saturated rings. The highest BCUT2D eigenvalue weighted by Crippen LogP contribution is 2.44. The zero-order valence-electron chi connectivity index (χ0n) is 20.1. The standard InChI is InChI=1S/C27H33N3O2S/c1-6-14-30-23-13-8-19(15-22(23)18(3)17-27(30,4)5)16-24-25(31)29-26(33-24)28-20-9-11-21(12-10-20)32-7-2/h8-13,15-16,18H,6-7,14,17H2,1-5H3,(H,28,29,31)/b24-16+. The monoisotopic (exact) mass is 463 g/mol. The Hall–Kier alpha value is -2.73. The minimum Gasteiger partial charge on any atom is -0.494 e. The van der Waals surface area contributed by atoms with Gasteiger partial charge in [-0.2, -0.15) is 0 Å². The van der Waals surface area contributed by atoms with Crippen LogP contribution in [0.2, 0.25) is 0 Å². The molecule has 2 aromatic carbocycles. The van der Waals surface area contributed by atoms with Crippen LogP contribution in [-0.2, 0) is 4.79 Å². The Morgan fingerprint density at radius 2 is 1.97 bits per heavy atom. The van der Waals surface area contributed by atoms with Crippen molar-refractivity contribution in [3.8, 4) is 5.75 Å². The van der Waals surface area contributed by atoms with Crippen LogP contribution in [-0.4, -0.2) is 29.8 Å². The van der Waals surface area contributed by atoms with Gasteiger partial charge in [-0.15, -0.1) is 0 Å². The third-order valence-corrected chi connectivity index (χ3v) is 7.09. The number of benzene rings is 2. The number of hydrogen-bond donors (Lipinski definition) is 1. The molecule has 0 saturated carbocycles. The summed E-state index contributed by atoms with van der Waals surface area (Å²) in [5, 5.41) is 3.48. The maximum absolute atomic E-state index is 12.6. The quantitative estimate of drug-likeness (QED) is 0.498. The first-order chi connectivity index (χ1) is 15.8. The first-order valence-electron chi connectivity index (χ1n) is 11.7. The van der Waals surface area contributed by atoms with Gasteiger partial charge in [0, 0.05) is 17.8 Å². The second-order valence-electron chi connectivity index (χ2n) is 9.30. The number of rotatable bonds is 6. The van der Waals surface area contributed by atoms with Gasteiger partial charge in [0.2, 0.25) is 0 Å². The highest BCUT2D eigenvalue weighted by Gasteiger charge is 2.35. The number of aliphatic imine (C=N–C) groups is 1. The van der Waals surface area contributed by atoms with E-state index in [9.17, 15) is 4.79 Å². The predicted octanol–water partition coefficient (Wildman–Crippen LogP) is 6.48. The van der Waals surface area contributed by atoms with E-state index in [0.717, 1.165) is 36.4 Å². The Labute approximate surface area is 201 Å². The Bertz CT molecular complexity index is 1090. The average molecular weight is 464 g/mol. The summed E-state index contributed by atoms with van der Waals surface area (Å²) >= 11 is 1.38. The first-order valence-corrected chi connectivity index (χ1v) is 12.6. The smallest absolute Gasteiger partial charge is 0.264 e. The van der Waals surface area contributed by atoms with Gasteiger partial charge in [0.1, 0.15) is 5.75 Å². The zero-order valence-corrected chi connectivity index (χ0v) is 21.0. The van der Waals surface area contributed by atoms with Crippen molar-refractivity contribution >= 4 is 40.3 Å². The van der Waals surface area contributed by atoms with Crippen molar-refractivity contribution in [2.24, 2.45) is 4.99 Å². The van der Waals surface area contributed by atoms with Crippen molar-refractivity contribution in [1.82, 2.24) is 5.32 Å². The highest BCUT2D eigenvalue weighted by atomic mass is 32.2. The van der Waals surface area contributed by atoms with Crippen molar-refractivity contribution in [2.45, 2.75) is 58.9 Å². The molecule has 1 atom stereocenters. The summed E-state index contributed by atoms with van der Waals surface area (Å²) in [4.78, 5) is 20.4. The summed E-state index contributed by atoms with van der Waals surface area (Å²) in [7, 11) is 0. The summed E-state index contributed by atoms with van der Waals surface area (Å²) in [6, 6.07) is 14.2. The summed E-state index contributed by atoms with van der Waals surface area (Å²) in [5.41, 5.74) is 4.67. The molecule has 2 aliphatic rings. The SMILES string of the molecule is CCCN1c2ccc(/C=C3/SC(=Nc4ccc(OCC)cc4)NC3=O)cc2C(C)CC1(C)C. The van der Waals surface area contributed by atoms with Crippen molar-refractivity contribution in [1.29, 1.82) is 0 Å². The molecule has 33 heavy (non-hydrogen) atoms. The lowest BCUT2D eigenvalue weighted by molar-refractivity contribution is -0.115. The maximum Gasteiger partial charge on any atom is 0.264 e. The van der Waals surface area contributed by atoms with Crippen molar-refractivity contribution in [3.63, 3.8) is 0 Å². The molecule has 6 heteroatoms. The predicted molar refractivity (Wildman–Crippen MR) is 140 cm³/mol. The molecule has 5 nitrogen and oxygen atoms in total. The third-order valence-electron chi connectivity index (χ3n) is 6.18. The number of amidine groups is 1. The summed E-state index contributed by atoms with van der Waals surface area (Å²) in [6.45, 7) is 12.8. The fourth-order valence-electron chi connectivity index (χ4n) is 4.78. The Morgan fingerprint density at radius 1 is 1.21 bits per heavy atom. The van der Waals surface area contributed by atoms with Gasteiger partial charge < -0.3 is 15.0 Å². The number of ether oxygens (including phenoxy) is 1. The first kappa shape index (κ1) is 23.4. The van der Waals surface area contributed by atoms with E-state index in [1.807, 2.05) is 37.3 Å². The van der Waals surface area contributed by atoms with Crippen LogP contribution in [0.1, 0.15) is 64.5 Å². The van der Waals surface area contributed by atoms with Crippen molar-refractivity contribution in [2.75, 3.05) is 18.1 Å². The Morgan fingerprint density at radius 3 is 2.67 bits per heavy atom. The number of amides is 1. The van der Waals surface area contributed by atoms with E-state index in [-0.39, 0.29) is 11.4 Å². The topological polar surface area (TPSA) is 53.9 Å². The molecule has 1 saturated heterocycles. The van der Waals surface area contributed by atoms with Crippen LogP contribution >= 0.6 is 11.8 Å². The molecule has 1 unspecified atom stereocenters. The minimum atomic E-state index is -0.107. The fourth-order valence-corrected chi connectivity index (χ4v) is 5.62. The Kier molecular flexibility index (Phi) is 6.84. The molecular formula is C27H33N3O2S. The van der Waals surface area contributed by atoms with Gasteiger partial charge in [-0.05, 0) is 105 Å². The van der Waals surface area contributed by atoms with Crippen molar-refractivity contribution < 1.29 is 9.53 Å². The third kappa shape index (κ3) is 5.11. The molecule has 2 aromatic rings. The summed E-state index contributed by atoms with van der Waals surface area (Å²) in [6.07, 6.45) is 4.21. The molecule has 0 bridgehead atoms. The van der Waals surface area contributed by atoms with E-state index in [4.69, 9.17) is 4.74 Å². The molecule has 0 aromatic heterocycles. The second-order valence-corrected chi connectivity index (χ2v) is 10.3. The van der Waals surface area contributed by atoms with E-state index in [2.05, 4.69) is 61.1 Å². The normalized spacial score (nSPS) is 21.9. The Balaban J connectivity index is 1.56. The van der Waals surface area contributed by atoms with E-state index < -0.39 is 0 Å². The molecular weight excluding hydrogens is 430 g/mol. The molecule has 0 aliphatic carbocycles. The van der Waals surface area contributed by atoms with Crippen LogP contribution in [0.5, 0.6) is 5.75 Å². The average Bonchev–Trinajstić information content (AvgIpc) is 3.11. The maximum atomic E-state index is 12.6. The lowest BCUT2D eigenvalue weighted by Gasteiger charge is -2.47. The number of thioether (sulfide) groups is 1. The van der Waals surface area contributed by atoms with Crippen LogP contribution in [0.25, 0.3) is 6.08 Å². The fraction of sp³-hybridized carbons (Fsp3) is 0.407. The second kappa shape index (κ2) is 9.64. The van der Waals surface area contributed by atoms with E-state index >= 15 is 0 Å². The molecule has 174 valence electrons. The van der Waals surface area contributed by atoms with E-state index in [0.29, 0.717) is 22.6 Å². The highest BCUT2D eigenvalue weighted by molar-refractivity contribution is 8.18. The van der Waals surface area contributed by atoms with Gasteiger partial charge >= 0.3 is 0 Å². The number of nitrogens with one attached hydrogen (secondary N) is 1. The molecule has 2 aliphatic heterocycles. The summed E-state index contributed by atoms with van der Waals surface area (Å²) in [5.74, 6) is 1.18. The molecule has 4 rings (SSSR count). The van der Waals surface area contributed by atoms with Crippen LogP contribution in [0.15, 0.2) is 52.4 Å². The largest absolute Gasteiger partial charge is 0.494 e. The van der Waals surface area contributed by atoms with Gasteiger partial charge in [-0.25, -0.2) is 4.99 Å². The molecule has 2 heterocycles.